The van der Waals surface area contributed by atoms with Crippen molar-refractivity contribution in [3.05, 3.63) is 65.7 Å². The second-order valence-corrected chi connectivity index (χ2v) is 9.77. The molecule has 8 heteroatoms. The van der Waals surface area contributed by atoms with Crippen molar-refractivity contribution >= 4 is 28.9 Å². The minimum Gasteiger partial charge on any atom is -0.340 e. The van der Waals surface area contributed by atoms with Crippen LogP contribution in [0.1, 0.15) is 53.6 Å². The molecule has 1 atom stereocenters. The van der Waals surface area contributed by atoms with Crippen molar-refractivity contribution < 1.29 is 9.59 Å². The standard InChI is InChI=1S/C27H32N6O2/c1-18-11-23(16-28-14-18)33-10-9-20-13-21(7-8-25(20)33)26(34)31-24(12-19-5-3-4-6-19)27(35)30-22-15-29-32(2)17-22/h7-8,11,13-17,19,24H,3-6,9-10,12H2,1-2H3,(H,30,35)(H,31,34)/t24-/m0/s1. The Kier molecular flexibility index (Phi) is 6.53. The Hall–Kier alpha value is -3.68. The molecule has 0 unspecified atom stereocenters. The molecule has 1 aromatic carbocycles. The number of benzene rings is 1. The minimum atomic E-state index is -0.589. The van der Waals surface area contributed by atoms with Crippen LogP contribution in [0.5, 0.6) is 0 Å². The van der Waals surface area contributed by atoms with Crippen LogP contribution in [0.4, 0.5) is 17.1 Å². The number of aryl methyl sites for hydroxylation is 2. The number of carbonyl (C=O) groups is 2. The smallest absolute Gasteiger partial charge is 0.251 e. The number of rotatable bonds is 7. The number of amides is 2. The van der Waals surface area contributed by atoms with Crippen molar-refractivity contribution in [1.82, 2.24) is 20.1 Å². The Morgan fingerprint density at radius 3 is 2.71 bits per heavy atom. The van der Waals surface area contributed by atoms with Gasteiger partial charge >= 0.3 is 0 Å². The fourth-order valence-corrected chi connectivity index (χ4v) is 5.27. The molecule has 1 fully saturated rings. The van der Waals surface area contributed by atoms with E-state index in [0.29, 0.717) is 23.6 Å². The third-order valence-corrected chi connectivity index (χ3v) is 7.05. The van der Waals surface area contributed by atoms with Gasteiger partial charge in [0.05, 0.1) is 23.8 Å². The summed E-state index contributed by atoms with van der Waals surface area (Å²) in [6.07, 6.45) is 13.2. The van der Waals surface area contributed by atoms with Crippen LogP contribution in [0.3, 0.4) is 0 Å². The maximum atomic E-state index is 13.3. The number of hydrogen-bond donors (Lipinski definition) is 2. The van der Waals surface area contributed by atoms with Gasteiger partial charge in [0.25, 0.3) is 5.91 Å². The average Bonchev–Trinajstić information content (AvgIpc) is 3.59. The second kappa shape index (κ2) is 9.90. The summed E-state index contributed by atoms with van der Waals surface area (Å²) < 4.78 is 1.64. The molecule has 1 saturated carbocycles. The topological polar surface area (TPSA) is 92.2 Å². The first-order valence-corrected chi connectivity index (χ1v) is 12.4. The van der Waals surface area contributed by atoms with E-state index in [-0.39, 0.29) is 11.8 Å². The zero-order chi connectivity index (χ0) is 24.4. The van der Waals surface area contributed by atoms with E-state index in [0.717, 1.165) is 48.3 Å². The number of hydrogen-bond acceptors (Lipinski definition) is 5. The van der Waals surface area contributed by atoms with Gasteiger partial charge in [0, 0.05) is 37.2 Å². The molecule has 0 radical (unpaired) electrons. The zero-order valence-corrected chi connectivity index (χ0v) is 20.3. The molecule has 3 aromatic rings. The molecule has 182 valence electrons. The summed E-state index contributed by atoms with van der Waals surface area (Å²) in [6.45, 7) is 2.89. The van der Waals surface area contributed by atoms with Gasteiger partial charge in [-0.15, -0.1) is 0 Å². The first-order chi connectivity index (χ1) is 17.0. The van der Waals surface area contributed by atoms with Crippen LogP contribution in [0.25, 0.3) is 0 Å². The highest BCUT2D eigenvalue weighted by Gasteiger charge is 2.28. The van der Waals surface area contributed by atoms with Gasteiger partial charge in [-0.05, 0) is 61.1 Å². The zero-order valence-electron chi connectivity index (χ0n) is 20.3. The lowest BCUT2D eigenvalue weighted by Gasteiger charge is -2.22. The molecular weight excluding hydrogens is 440 g/mol. The molecule has 0 saturated heterocycles. The predicted octanol–water partition coefficient (Wildman–Crippen LogP) is 4.14. The van der Waals surface area contributed by atoms with E-state index in [1.807, 2.05) is 37.5 Å². The first-order valence-electron chi connectivity index (χ1n) is 12.4. The largest absolute Gasteiger partial charge is 0.340 e. The van der Waals surface area contributed by atoms with Crippen molar-refractivity contribution in [3.8, 4) is 0 Å². The summed E-state index contributed by atoms with van der Waals surface area (Å²) in [7, 11) is 1.80. The van der Waals surface area contributed by atoms with Crippen molar-refractivity contribution in [2.24, 2.45) is 13.0 Å². The normalized spacial score (nSPS) is 16.2. The molecule has 2 amide bonds. The Bertz CT molecular complexity index is 1230. The van der Waals surface area contributed by atoms with Crippen LogP contribution in [0, 0.1) is 12.8 Å². The summed E-state index contributed by atoms with van der Waals surface area (Å²) in [6, 6.07) is 7.34. The lowest BCUT2D eigenvalue weighted by atomic mass is 9.97. The molecule has 2 aliphatic rings. The van der Waals surface area contributed by atoms with E-state index in [9.17, 15) is 9.59 Å². The molecule has 1 aliphatic carbocycles. The van der Waals surface area contributed by atoms with Gasteiger partial charge < -0.3 is 15.5 Å². The van der Waals surface area contributed by atoms with Gasteiger partial charge in [0.1, 0.15) is 6.04 Å². The average molecular weight is 473 g/mol. The highest BCUT2D eigenvalue weighted by atomic mass is 16.2. The fourth-order valence-electron chi connectivity index (χ4n) is 5.27. The lowest BCUT2D eigenvalue weighted by Crippen LogP contribution is -2.44. The van der Waals surface area contributed by atoms with Gasteiger partial charge in [-0.3, -0.25) is 19.3 Å². The minimum absolute atomic E-state index is 0.197. The van der Waals surface area contributed by atoms with Gasteiger partial charge in [-0.25, -0.2) is 0 Å². The van der Waals surface area contributed by atoms with Crippen molar-refractivity contribution in [2.75, 3.05) is 16.8 Å². The SMILES string of the molecule is Cc1cncc(N2CCc3cc(C(=O)N[C@@H](CC4CCCC4)C(=O)Nc4cnn(C)c4)ccc32)c1. The molecule has 2 N–H and O–H groups in total. The molecule has 8 nitrogen and oxygen atoms in total. The summed E-state index contributed by atoms with van der Waals surface area (Å²) in [5, 5.41) is 10.1. The summed E-state index contributed by atoms with van der Waals surface area (Å²) in [4.78, 5) is 32.9. The van der Waals surface area contributed by atoms with E-state index in [1.54, 1.807) is 24.1 Å². The number of fused-ring (bicyclic) bond motifs is 1. The van der Waals surface area contributed by atoms with Gasteiger partial charge in [-0.2, -0.15) is 5.10 Å². The number of anilines is 3. The van der Waals surface area contributed by atoms with Crippen LogP contribution in [0.2, 0.25) is 0 Å². The summed E-state index contributed by atoms with van der Waals surface area (Å²) >= 11 is 0. The Labute approximate surface area is 205 Å². The Morgan fingerprint density at radius 1 is 1.14 bits per heavy atom. The third-order valence-electron chi connectivity index (χ3n) is 7.05. The quantitative estimate of drug-likeness (QED) is 0.539. The Balaban J connectivity index is 1.31. The maximum Gasteiger partial charge on any atom is 0.251 e. The number of pyridine rings is 1. The third kappa shape index (κ3) is 5.21. The van der Waals surface area contributed by atoms with Crippen molar-refractivity contribution in [2.45, 2.75) is 51.5 Å². The van der Waals surface area contributed by atoms with E-state index < -0.39 is 6.04 Å². The molecule has 5 rings (SSSR count). The number of aromatic nitrogens is 3. The number of nitrogens with zero attached hydrogens (tertiary/aromatic N) is 4. The van der Waals surface area contributed by atoms with E-state index >= 15 is 0 Å². The highest BCUT2D eigenvalue weighted by molar-refractivity contribution is 6.01. The molecule has 1 aliphatic heterocycles. The van der Waals surface area contributed by atoms with Crippen LogP contribution in [-0.2, 0) is 18.3 Å². The van der Waals surface area contributed by atoms with E-state index in [2.05, 4.69) is 31.7 Å². The molecular formula is C27H32N6O2. The van der Waals surface area contributed by atoms with Gasteiger partial charge in [-0.1, -0.05) is 25.7 Å². The van der Waals surface area contributed by atoms with Gasteiger partial charge in [0.15, 0.2) is 0 Å². The van der Waals surface area contributed by atoms with E-state index in [4.69, 9.17) is 0 Å². The summed E-state index contributed by atoms with van der Waals surface area (Å²) in [5.74, 6) is 0.0433. The molecule has 35 heavy (non-hydrogen) atoms. The number of nitrogens with one attached hydrogen (secondary N) is 2. The fraction of sp³-hybridized carbons (Fsp3) is 0.407. The van der Waals surface area contributed by atoms with Crippen LogP contribution >= 0.6 is 0 Å². The highest BCUT2D eigenvalue weighted by Crippen LogP contribution is 2.35. The molecule has 2 aromatic heterocycles. The van der Waals surface area contributed by atoms with E-state index in [1.165, 1.54) is 12.8 Å². The monoisotopic (exact) mass is 472 g/mol. The number of carbonyl (C=O) groups excluding carboxylic acids is 2. The predicted molar refractivity (Wildman–Crippen MR) is 136 cm³/mol. The molecule has 3 heterocycles. The summed E-state index contributed by atoms with van der Waals surface area (Å²) in [5.41, 5.74) is 5.62. The first kappa shape index (κ1) is 23.1. The Morgan fingerprint density at radius 2 is 1.97 bits per heavy atom. The van der Waals surface area contributed by atoms with Crippen molar-refractivity contribution in [3.63, 3.8) is 0 Å². The van der Waals surface area contributed by atoms with Crippen LogP contribution in [-0.4, -0.2) is 39.2 Å². The molecule has 0 bridgehead atoms. The van der Waals surface area contributed by atoms with Gasteiger partial charge in [0.2, 0.25) is 5.91 Å². The van der Waals surface area contributed by atoms with Crippen molar-refractivity contribution in [1.29, 1.82) is 0 Å². The molecule has 0 spiro atoms. The van der Waals surface area contributed by atoms with Crippen LogP contribution in [0.15, 0.2) is 49.1 Å². The van der Waals surface area contributed by atoms with Crippen LogP contribution < -0.4 is 15.5 Å². The lowest BCUT2D eigenvalue weighted by molar-refractivity contribution is -0.118. The maximum absolute atomic E-state index is 13.3. The second-order valence-electron chi connectivity index (χ2n) is 9.77.